The smallest absolute Gasteiger partial charge is 0.0863 e. The number of aromatic nitrogens is 2. The molecule has 0 aliphatic carbocycles. The van der Waals surface area contributed by atoms with Crippen LogP contribution in [0.2, 0.25) is 0 Å². The van der Waals surface area contributed by atoms with Gasteiger partial charge in [0.05, 0.1) is 10.1 Å². The predicted molar refractivity (Wildman–Crippen MR) is 141 cm³/mol. The summed E-state index contributed by atoms with van der Waals surface area (Å²) in [6.07, 6.45) is 4.83. The number of para-hydroxylation sites is 1. The molecular formula is C26H28Br2N4. The number of nitrogens with zero attached hydrogens (tertiary/aromatic N) is 2. The summed E-state index contributed by atoms with van der Waals surface area (Å²) in [5, 5.41) is 2.67. The van der Waals surface area contributed by atoms with Gasteiger partial charge in [0.15, 0.2) is 0 Å². The van der Waals surface area contributed by atoms with Gasteiger partial charge >= 0.3 is 0 Å². The molecule has 0 saturated carbocycles. The van der Waals surface area contributed by atoms with Gasteiger partial charge in [0.1, 0.15) is 0 Å². The molecule has 2 aliphatic heterocycles. The molecule has 0 atom stereocenters. The van der Waals surface area contributed by atoms with Crippen molar-refractivity contribution in [3.63, 3.8) is 0 Å². The minimum atomic E-state index is 1.07. The molecule has 0 unspecified atom stereocenters. The van der Waals surface area contributed by atoms with E-state index in [-0.39, 0.29) is 0 Å². The Hall–Kier alpha value is -1.60. The Morgan fingerprint density at radius 2 is 1.50 bits per heavy atom. The minimum Gasteiger partial charge on any atom is -0.353 e. The van der Waals surface area contributed by atoms with Crippen molar-refractivity contribution in [1.29, 1.82) is 0 Å². The normalized spacial score (nSPS) is 17.2. The van der Waals surface area contributed by atoms with E-state index in [1.54, 1.807) is 0 Å². The summed E-state index contributed by atoms with van der Waals surface area (Å²) in [6, 6.07) is 13.4. The van der Waals surface area contributed by atoms with E-state index in [0.29, 0.717) is 0 Å². The van der Waals surface area contributed by atoms with Gasteiger partial charge in [0.2, 0.25) is 0 Å². The fourth-order valence-corrected chi connectivity index (χ4v) is 6.20. The highest BCUT2D eigenvalue weighted by Crippen LogP contribution is 2.37. The molecule has 0 amide bonds. The molecule has 4 nitrogen and oxygen atoms in total. The summed E-state index contributed by atoms with van der Waals surface area (Å²) < 4.78 is 2.26. The topological polar surface area (TPSA) is 38.1 Å². The Bertz CT molecular complexity index is 1280. The van der Waals surface area contributed by atoms with Crippen LogP contribution in [0, 0.1) is 0 Å². The maximum atomic E-state index is 3.79. The molecule has 2 aliphatic rings. The molecule has 32 heavy (non-hydrogen) atoms. The second kappa shape index (κ2) is 8.64. The van der Waals surface area contributed by atoms with Crippen molar-refractivity contribution in [1.82, 2.24) is 19.8 Å². The third-order valence-electron chi connectivity index (χ3n) is 7.29. The molecule has 6 heteroatoms. The van der Waals surface area contributed by atoms with E-state index < -0.39 is 0 Å². The van der Waals surface area contributed by atoms with Crippen LogP contribution in [-0.2, 0) is 12.8 Å². The number of nitrogens with one attached hydrogen (secondary N) is 2. The molecule has 2 aromatic carbocycles. The lowest BCUT2D eigenvalue weighted by atomic mass is 9.99. The van der Waals surface area contributed by atoms with Crippen LogP contribution >= 0.6 is 31.9 Å². The number of rotatable bonds is 7. The first-order valence-corrected chi connectivity index (χ1v) is 13.3. The van der Waals surface area contributed by atoms with Crippen molar-refractivity contribution in [2.24, 2.45) is 0 Å². The predicted octanol–water partition coefficient (Wildman–Crippen LogP) is 6.34. The van der Waals surface area contributed by atoms with Gasteiger partial charge in [0, 0.05) is 39.5 Å². The highest BCUT2D eigenvalue weighted by Gasteiger charge is 2.20. The van der Waals surface area contributed by atoms with Crippen LogP contribution in [0.15, 0.2) is 45.5 Å². The molecule has 0 bridgehead atoms. The van der Waals surface area contributed by atoms with Crippen LogP contribution in [0.5, 0.6) is 0 Å². The average molecular weight is 556 g/mol. The molecule has 2 saturated heterocycles. The Kier molecular flexibility index (Phi) is 5.66. The lowest BCUT2D eigenvalue weighted by Gasteiger charge is -2.30. The van der Waals surface area contributed by atoms with E-state index in [0.717, 1.165) is 35.0 Å². The Morgan fingerprint density at radius 3 is 2.19 bits per heavy atom. The molecule has 2 aromatic heterocycles. The van der Waals surface area contributed by atoms with Gasteiger partial charge in [-0.05, 0) is 119 Å². The number of hydrogen-bond acceptors (Lipinski definition) is 2. The van der Waals surface area contributed by atoms with Crippen molar-refractivity contribution in [2.45, 2.75) is 25.7 Å². The largest absolute Gasteiger partial charge is 0.353 e. The highest BCUT2D eigenvalue weighted by atomic mass is 79.9. The van der Waals surface area contributed by atoms with E-state index in [9.17, 15) is 0 Å². The SMILES string of the molecule is Brc1[nH]c2ccc(-c3[nH]c4c(Br)cccc4c3CCN3CCC3)cc2c1CCN1CCC1. The summed E-state index contributed by atoms with van der Waals surface area (Å²) in [6.45, 7) is 7.24. The summed E-state index contributed by atoms with van der Waals surface area (Å²) in [5.41, 5.74) is 7.78. The van der Waals surface area contributed by atoms with Crippen molar-refractivity contribution < 1.29 is 0 Å². The molecule has 0 radical (unpaired) electrons. The van der Waals surface area contributed by atoms with Crippen LogP contribution < -0.4 is 0 Å². The van der Waals surface area contributed by atoms with Gasteiger partial charge in [-0.1, -0.05) is 18.2 Å². The minimum absolute atomic E-state index is 1.07. The Balaban J connectivity index is 1.41. The molecule has 4 aromatic rings. The molecule has 4 heterocycles. The van der Waals surface area contributed by atoms with E-state index >= 15 is 0 Å². The van der Waals surface area contributed by atoms with Crippen molar-refractivity contribution in [2.75, 3.05) is 39.3 Å². The number of benzene rings is 2. The van der Waals surface area contributed by atoms with Crippen LogP contribution in [0.25, 0.3) is 33.1 Å². The quantitative estimate of drug-likeness (QED) is 0.279. The van der Waals surface area contributed by atoms with E-state index in [1.807, 2.05) is 0 Å². The number of halogens is 2. The average Bonchev–Trinajstić information content (AvgIpc) is 3.24. The number of hydrogen-bond donors (Lipinski definition) is 2. The molecule has 166 valence electrons. The van der Waals surface area contributed by atoms with Gasteiger partial charge in [-0.2, -0.15) is 0 Å². The van der Waals surface area contributed by atoms with Gasteiger partial charge in [-0.3, -0.25) is 0 Å². The van der Waals surface area contributed by atoms with E-state index in [1.165, 1.54) is 83.2 Å². The van der Waals surface area contributed by atoms with Gasteiger partial charge in [-0.25, -0.2) is 0 Å². The number of aromatic amines is 2. The number of likely N-dealkylation sites (tertiary alicyclic amines) is 2. The first kappa shape index (κ1) is 21.0. The summed E-state index contributed by atoms with van der Waals surface area (Å²) in [5.74, 6) is 0. The van der Waals surface area contributed by atoms with Crippen molar-refractivity contribution in [3.8, 4) is 11.3 Å². The fraction of sp³-hybridized carbons (Fsp3) is 0.385. The molecular weight excluding hydrogens is 528 g/mol. The molecule has 2 fully saturated rings. The van der Waals surface area contributed by atoms with E-state index in [4.69, 9.17) is 0 Å². The summed E-state index contributed by atoms with van der Waals surface area (Å²) >= 11 is 7.56. The highest BCUT2D eigenvalue weighted by molar-refractivity contribution is 9.10. The fourth-order valence-electron chi connectivity index (χ4n) is 5.11. The second-order valence-electron chi connectivity index (χ2n) is 9.21. The van der Waals surface area contributed by atoms with E-state index in [2.05, 4.69) is 88.0 Å². The summed E-state index contributed by atoms with van der Waals surface area (Å²) in [4.78, 5) is 12.4. The van der Waals surface area contributed by atoms with Crippen LogP contribution in [-0.4, -0.2) is 59.0 Å². The first-order chi connectivity index (χ1) is 15.7. The van der Waals surface area contributed by atoms with Crippen LogP contribution in [0.3, 0.4) is 0 Å². The Morgan fingerprint density at radius 1 is 0.781 bits per heavy atom. The van der Waals surface area contributed by atoms with Crippen molar-refractivity contribution in [3.05, 3.63) is 56.6 Å². The Labute approximate surface area is 205 Å². The maximum absolute atomic E-state index is 3.79. The lowest BCUT2D eigenvalue weighted by molar-refractivity contribution is 0.184. The standard InChI is InChI=1S/C26H28Br2N4/c27-22-5-1-4-18-19(8-14-31-10-2-11-31)24(30-25(18)22)17-6-7-23-21(16-17)20(26(28)29-23)9-15-32-12-3-13-32/h1,4-7,16,29-30H,2-3,8-15H2. The number of fused-ring (bicyclic) bond motifs is 2. The zero-order chi connectivity index (χ0) is 21.7. The van der Waals surface area contributed by atoms with Crippen molar-refractivity contribution >= 4 is 53.7 Å². The van der Waals surface area contributed by atoms with Gasteiger partial charge in [0.25, 0.3) is 0 Å². The first-order valence-electron chi connectivity index (χ1n) is 11.7. The van der Waals surface area contributed by atoms with Gasteiger partial charge < -0.3 is 19.8 Å². The zero-order valence-electron chi connectivity index (χ0n) is 18.2. The van der Waals surface area contributed by atoms with Gasteiger partial charge in [-0.15, -0.1) is 0 Å². The monoisotopic (exact) mass is 554 g/mol. The number of H-pyrrole nitrogens is 2. The summed E-state index contributed by atoms with van der Waals surface area (Å²) in [7, 11) is 0. The lowest BCUT2D eigenvalue weighted by Crippen LogP contribution is -2.38. The third kappa shape index (κ3) is 3.75. The van der Waals surface area contributed by atoms with Crippen LogP contribution in [0.1, 0.15) is 24.0 Å². The molecule has 0 spiro atoms. The molecule has 2 N–H and O–H groups in total. The second-order valence-corrected chi connectivity index (χ2v) is 10.9. The van der Waals surface area contributed by atoms with Crippen LogP contribution in [0.4, 0.5) is 0 Å². The molecule has 6 rings (SSSR count). The zero-order valence-corrected chi connectivity index (χ0v) is 21.4. The third-order valence-corrected chi connectivity index (χ3v) is 8.62. The maximum Gasteiger partial charge on any atom is 0.0863 e.